The molecule has 0 saturated carbocycles. The van der Waals surface area contributed by atoms with Crippen LogP contribution in [0.2, 0.25) is 0 Å². The Balaban J connectivity index is 1.27. The van der Waals surface area contributed by atoms with Crippen molar-refractivity contribution in [3.8, 4) is 11.1 Å². The van der Waals surface area contributed by atoms with Gasteiger partial charge >= 0.3 is 0 Å². The molecule has 3 aromatic rings. The van der Waals surface area contributed by atoms with E-state index < -0.39 is 0 Å². The number of benzene rings is 1. The van der Waals surface area contributed by atoms with E-state index in [9.17, 15) is 9.59 Å². The highest BCUT2D eigenvalue weighted by molar-refractivity contribution is 6.04. The lowest BCUT2D eigenvalue weighted by molar-refractivity contribution is -0.121. The molecule has 2 fully saturated rings. The first-order valence-electron chi connectivity index (χ1n) is 12.8. The fraction of sp³-hybridized carbons (Fsp3) is 0.464. The van der Waals surface area contributed by atoms with Gasteiger partial charge in [0.1, 0.15) is 11.5 Å². The maximum atomic E-state index is 12.8. The van der Waals surface area contributed by atoms with E-state index >= 15 is 0 Å². The molecule has 7 nitrogen and oxygen atoms in total. The summed E-state index contributed by atoms with van der Waals surface area (Å²) in [5, 5.41) is 4.04. The number of anilines is 1. The third-order valence-corrected chi connectivity index (χ3v) is 8.52. The standard InChI is InChI=1S/C28H33N5O2/c1-32-11-7-18(8-12-32)27(35)31-25-6-5-20-22(17-29-26(20)30-25)19-3-4-21-23(15-19)28(16-24(21)34)9-13-33(2)14-10-28/h3-6,15,17-18H,7-14,16H2,1-2H3,(H2,29,30,31,35). The number of piperidine rings is 2. The van der Waals surface area contributed by atoms with Gasteiger partial charge in [-0.2, -0.15) is 0 Å². The number of hydrogen-bond acceptors (Lipinski definition) is 5. The van der Waals surface area contributed by atoms with E-state index in [1.54, 1.807) is 0 Å². The number of ketones is 1. The van der Waals surface area contributed by atoms with Crippen LogP contribution in [0.5, 0.6) is 0 Å². The van der Waals surface area contributed by atoms with Crippen molar-refractivity contribution in [3.05, 3.63) is 47.7 Å². The predicted molar refractivity (Wildman–Crippen MR) is 138 cm³/mol. The molecule has 0 unspecified atom stereocenters. The molecule has 1 aromatic carbocycles. The summed E-state index contributed by atoms with van der Waals surface area (Å²) in [6.07, 6.45) is 6.45. The van der Waals surface area contributed by atoms with E-state index in [0.29, 0.717) is 12.2 Å². The number of amides is 1. The minimum Gasteiger partial charge on any atom is -0.345 e. The Labute approximate surface area is 205 Å². The number of carbonyl (C=O) groups is 2. The van der Waals surface area contributed by atoms with E-state index in [1.807, 2.05) is 24.4 Å². The Kier molecular flexibility index (Phi) is 5.49. The van der Waals surface area contributed by atoms with Crippen LogP contribution < -0.4 is 5.32 Å². The quantitative estimate of drug-likeness (QED) is 0.602. The molecule has 35 heavy (non-hydrogen) atoms. The van der Waals surface area contributed by atoms with Crippen LogP contribution in [0.15, 0.2) is 36.5 Å². The van der Waals surface area contributed by atoms with Crippen molar-refractivity contribution in [3.63, 3.8) is 0 Å². The Hall–Kier alpha value is -3.03. The molecule has 1 aliphatic carbocycles. The molecule has 7 heteroatoms. The summed E-state index contributed by atoms with van der Waals surface area (Å²) in [7, 11) is 4.25. The zero-order valence-electron chi connectivity index (χ0n) is 20.6. The predicted octanol–water partition coefficient (Wildman–Crippen LogP) is 4.06. The lowest BCUT2D eigenvalue weighted by Gasteiger charge is -2.38. The molecule has 2 aromatic heterocycles. The van der Waals surface area contributed by atoms with Crippen LogP contribution in [0, 0.1) is 5.92 Å². The number of H-pyrrole nitrogens is 1. The van der Waals surface area contributed by atoms with Crippen molar-refractivity contribution in [2.24, 2.45) is 5.92 Å². The van der Waals surface area contributed by atoms with Gasteiger partial charge in [0.2, 0.25) is 5.91 Å². The number of nitrogens with zero attached hydrogens (tertiary/aromatic N) is 3. The van der Waals surface area contributed by atoms with Crippen LogP contribution in [0.3, 0.4) is 0 Å². The van der Waals surface area contributed by atoms with Gasteiger partial charge in [-0.1, -0.05) is 12.1 Å². The lowest BCUT2D eigenvalue weighted by atomic mass is 9.73. The average molecular weight is 472 g/mol. The van der Waals surface area contributed by atoms with Gasteiger partial charge < -0.3 is 20.1 Å². The van der Waals surface area contributed by atoms with Gasteiger partial charge in [0.15, 0.2) is 5.78 Å². The van der Waals surface area contributed by atoms with Gasteiger partial charge in [-0.15, -0.1) is 0 Å². The van der Waals surface area contributed by atoms with Gasteiger partial charge in [-0.05, 0) is 95.3 Å². The Morgan fingerprint density at radius 3 is 2.54 bits per heavy atom. The van der Waals surface area contributed by atoms with Crippen LogP contribution >= 0.6 is 0 Å². The Morgan fingerprint density at radius 2 is 1.77 bits per heavy atom. The van der Waals surface area contributed by atoms with Gasteiger partial charge in [0, 0.05) is 40.5 Å². The van der Waals surface area contributed by atoms with E-state index in [0.717, 1.165) is 79.6 Å². The summed E-state index contributed by atoms with van der Waals surface area (Å²) in [6, 6.07) is 10.2. The van der Waals surface area contributed by atoms with Crippen LogP contribution in [-0.2, 0) is 10.2 Å². The lowest BCUT2D eigenvalue weighted by Crippen LogP contribution is -2.39. The van der Waals surface area contributed by atoms with Gasteiger partial charge in [-0.3, -0.25) is 9.59 Å². The number of nitrogens with one attached hydrogen (secondary N) is 2. The number of aromatic amines is 1. The molecule has 182 valence electrons. The number of fused-ring (bicyclic) bond motifs is 3. The van der Waals surface area contributed by atoms with Crippen molar-refractivity contribution >= 4 is 28.5 Å². The monoisotopic (exact) mass is 471 g/mol. The minimum atomic E-state index is -0.0231. The normalized spacial score (nSPS) is 21.0. The molecule has 0 atom stereocenters. The van der Waals surface area contributed by atoms with E-state index in [2.05, 4.69) is 51.3 Å². The average Bonchev–Trinajstić information content (AvgIpc) is 3.40. The molecule has 0 bridgehead atoms. The fourth-order valence-corrected chi connectivity index (χ4v) is 6.20. The van der Waals surface area contributed by atoms with Crippen molar-refractivity contribution in [1.29, 1.82) is 0 Å². The van der Waals surface area contributed by atoms with Gasteiger partial charge in [-0.25, -0.2) is 4.98 Å². The van der Waals surface area contributed by atoms with E-state index in [1.165, 1.54) is 5.56 Å². The van der Waals surface area contributed by atoms with Gasteiger partial charge in [0.25, 0.3) is 0 Å². The molecule has 3 aliphatic rings. The third-order valence-electron chi connectivity index (χ3n) is 8.52. The second-order valence-electron chi connectivity index (χ2n) is 10.8. The minimum absolute atomic E-state index is 0.0231. The number of pyridine rings is 1. The second kappa shape index (κ2) is 8.57. The molecule has 1 spiro atoms. The third kappa shape index (κ3) is 3.96. The van der Waals surface area contributed by atoms with Crippen LogP contribution in [0.1, 0.15) is 48.0 Å². The summed E-state index contributed by atoms with van der Waals surface area (Å²) in [5.41, 5.74) is 5.03. The van der Waals surface area contributed by atoms with E-state index in [4.69, 9.17) is 0 Å². The highest BCUT2D eigenvalue weighted by atomic mass is 16.2. The number of hydrogen-bond donors (Lipinski definition) is 2. The second-order valence-corrected chi connectivity index (χ2v) is 10.8. The molecule has 2 aliphatic heterocycles. The summed E-state index contributed by atoms with van der Waals surface area (Å²) in [6.45, 7) is 3.96. The summed E-state index contributed by atoms with van der Waals surface area (Å²) < 4.78 is 0. The highest BCUT2D eigenvalue weighted by Crippen LogP contribution is 2.47. The van der Waals surface area contributed by atoms with Crippen LogP contribution in [0.4, 0.5) is 5.82 Å². The molecule has 1 amide bonds. The zero-order chi connectivity index (χ0) is 24.2. The Morgan fingerprint density at radius 1 is 1.03 bits per heavy atom. The number of Topliss-reactive ketones (excluding diaryl/α,β-unsaturated/α-hetero) is 1. The van der Waals surface area contributed by atoms with Crippen molar-refractivity contribution in [2.75, 3.05) is 45.6 Å². The van der Waals surface area contributed by atoms with Crippen molar-refractivity contribution in [2.45, 2.75) is 37.5 Å². The van der Waals surface area contributed by atoms with Gasteiger partial charge in [0.05, 0.1) is 0 Å². The summed E-state index contributed by atoms with van der Waals surface area (Å²) >= 11 is 0. The van der Waals surface area contributed by atoms with Crippen molar-refractivity contribution in [1.82, 2.24) is 19.8 Å². The first-order valence-corrected chi connectivity index (χ1v) is 12.8. The first kappa shape index (κ1) is 22.4. The zero-order valence-corrected chi connectivity index (χ0v) is 20.6. The number of rotatable bonds is 3. The van der Waals surface area contributed by atoms with E-state index in [-0.39, 0.29) is 23.0 Å². The number of likely N-dealkylation sites (tertiary alicyclic amines) is 2. The SMILES string of the molecule is CN1CCC(C(=O)Nc2ccc3c(-c4ccc5c(c4)C4(CCN(C)CC4)CC5=O)c[nH]c3n2)CC1. The molecule has 2 saturated heterocycles. The summed E-state index contributed by atoms with van der Waals surface area (Å²) in [5.74, 6) is 0.966. The smallest absolute Gasteiger partial charge is 0.228 e. The number of aromatic nitrogens is 2. The Bertz CT molecular complexity index is 1300. The van der Waals surface area contributed by atoms with Crippen LogP contribution in [0.25, 0.3) is 22.2 Å². The molecule has 0 radical (unpaired) electrons. The summed E-state index contributed by atoms with van der Waals surface area (Å²) in [4.78, 5) is 38.2. The highest BCUT2D eigenvalue weighted by Gasteiger charge is 2.44. The number of carbonyl (C=O) groups excluding carboxylic acids is 2. The molecule has 4 heterocycles. The maximum absolute atomic E-state index is 12.8. The molecule has 2 N–H and O–H groups in total. The van der Waals surface area contributed by atoms with Crippen LogP contribution in [-0.4, -0.2) is 71.7 Å². The molecular weight excluding hydrogens is 438 g/mol. The molecular formula is C28H33N5O2. The first-order chi connectivity index (χ1) is 16.9. The fourth-order valence-electron chi connectivity index (χ4n) is 6.20. The molecule has 6 rings (SSSR count). The topological polar surface area (TPSA) is 81.3 Å². The maximum Gasteiger partial charge on any atom is 0.228 e. The largest absolute Gasteiger partial charge is 0.345 e. The van der Waals surface area contributed by atoms with Crippen molar-refractivity contribution < 1.29 is 9.59 Å².